The lowest BCUT2D eigenvalue weighted by Crippen LogP contribution is -2.19. The number of anilines is 1. The summed E-state index contributed by atoms with van der Waals surface area (Å²) < 4.78 is 32.9. The van der Waals surface area contributed by atoms with Crippen molar-refractivity contribution in [2.45, 2.75) is 32.6 Å². The average Bonchev–Trinajstić information content (AvgIpc) is 2.46. The normalized spacial score (nSPS) is 11.2. The quantitative estimate of drug-likeness (QED) is 0.840. The van der Waals surface area contributed by atoms with Gasteiger partial charge in [0.15, 0.2) is 5.82 Å². The summed E-state index contributed by atoms with van der Waals surface area (Å²) in [6.07, 6.45) is 1.41. The highest BCUT2D eigenvalue weighted by Gasteiger charge is 2.23. The molecule has 0 spiro atoms. The van der Waals surface area contributed by atoms with Crippen LogP contribution >= 0.6 is 0 Å². The largest absolute Gasteiger partial charge is 0.462 e. The van der Waals surface area contributed by atoms with Crippen LogP contribution in [0.15, 0.2) is 35.4 Å². The van der Waals surface area contributed by atoms with Gasteiger partial charge in [0, 0.05) is 6.20 Å². The molecule has 7 heteroatoms. The van der Waals surface area contributed by atoms with Crippen LogP contribution in [0, 0.1) is 20.8 Å². The van der Waals surface area contributed by atoms with E-state index in [0.29, 0.717) is 11.1 Å². The van der Waals surface area contributed by atoms with Crippen molar-refractivity contribution in [2.24, 2.45) is 0 Å². The van der Waals surface area contributed by atoms with Crippen LogP contribution in [-0.2, 0) is 14.8 Å². The van der Waals surface area contributed by atoms with Crippen molar-refractivity contribution in [3.8, 4) is 0 Å². The Labute approximate surface area is 141 Å². The number of aromatic nitrogens is 1. The molecule has 0 amide bonds. The third-order valence-electron chi connectivity index (χ3n) is 3.41. The predicted octanol–water partition coefficient (Wildman–Crippen LogP) is 2.98. The minimum absolute atomic E-state index is 0.0460. The Kier molecular flexibility index (Phi) is 5.23. The number of carbonyl (C=O) groups is 1. The van der Waals surface area contributed by atoms with Gasteiger partial charge in [0.25, 0.3) is 10.0 Å². The number of aryl methyl sites for hydroxylation is 3. The van der Waals surface area contributed by atoms with Gasteiger partial charge in [-0.05, 0) is 51.0 Å². The molecule has 0 aliphatic rings. The van der Waals surface area contributed by atoms with Crippen LogP contribution in [-0.4, -0.2) is 26.0 Å². The SMILES string of the molecule is CCOC(=O)c1cccnc1NS(=O)(=O)c1c(C)cc(C)cc1C. The molecule has 2 aromatic rings. The molecule has 0 unspecified atom stereocenters. The molecule has 2 rings (SSSR count). The molecule has 0 aliphatic heterocycles. The third-order valence-corrected chi connectivity index (χ3v) is 5.05. The number of hydrogen-bond donors (Lipinski definition) is 1. The number of benzene rings is 1. The fourth-order valence-corrected chi connectivity index (χ4v) is 4.11. The lowest BCUT2D eigenvalue weighted by molar-refractivity contribution is 0.0527. The molecular formula is C17H20N2O4S. The maximum atomic E-state index is 12.8. The standard InChI is InChI=1S/C17H20N2O4S/c1-5-23-17(20)14-7-6-8-18-16(14)19-24(21,22)15-12(3)9-11(2)10-13(15)4/h6-10H,5H2,1-4H3,(H,18,19). The summed E-state index contributed by atoms with van der Waals surface area (Å²) in [6, 6.07) is 6.61. The van der Waals surface area contributed by atoms with E-state index in [9.17, 15) is 13.2 Å². The van der Waals surface area contributed by atoms with Gasteiger partial charge >= 0.3 is 5.97 Å². The van der Waals surface area contributed by atoms with E-state index in [1.54, 1.807) is 39.0 Å². The Morgan fingerprint density at radius 2 is 1.83 bits per heavy atom. The first-order chi connectivity index (χ1) is 11.3. The number of esters is 1. The molecule has 1 aromatic carbocycles. The molecule has 0 fully saturated rings. The lowest BCUT2D eigenvalue weighted by Gasteiger charge is -2.15. The smallest absolute Gasteiger partial charge is 0.341 e. The van der Waals surface area contributed by atoms with Crippen LogP contribution in [0.2, 0.25) is 0 Å². The number of nitrogens with zero attached hydrogens (tertiary/aromatic N) is 1. The number of pyridine rings is 1. The van der Waals surface area contributed by atoms with Crippen molar-refractivity contribution in [1.82, 2.24) is 4.98 Å². The minimum atomic E-state index is -3.88. The Hall–Kier alpha value is -2.41. The highest BCUT2D eigenvalue weighted by molar-refractivity contribution is 7.92. The zero-order valence-corrected chi connectivity index (χ0v) is 14.9. The van der Waals surface area contributed by atoms with Crippen LogP contribution in [0.5, 0.6) is 0 Å². The van der Waals surface area contributed by atoms with Crippen LogP contribution in [0.25, 0.3) is 0 Å². The topological polar surface area (TPSA) is 85.4 Å². The second kappa shape index (κ2) is 7.00. The van der Waals surface area contributed by atoms with Gasteiger partial charge in [-0.15, -0.1) is 0 Å². The number of hydrogen-bond acceptors (Lipinski definition) is 5. The third kappa shape index (κ3) is 3.73. The second-order valence-electron chi connectivity index (χ2n) is 5.45. The van der Waals surface area contributed by atoms with Gasteiger partial charge in [-0.25, -0.2) is 18.2 Å². The molecule has 0 bridgehead atoms. The highest BCUT2D eigenvalue weighted by atomic mass is 32.2. The first-order valence-electron chi connectivity index (χ1n) is 7.49. The predicted molar refractivity (Wildman–Crippen MR) is 91.7 cm³/mol. The fourth-order valence-electron chi connectivity index (χ4n) is 2.63. The van der Waals surface area contributed by atoms with E-state index >= 15 is 0 Å². The van der Waals surface area contributed by atoms with Crippen LogP contribution in [0.1, 0.15) is 34.0 Å². The monoisotopic (exact) mass is 348 g/mol. The zero-order chi connectivity index (χ0) is 17.9. The number of ether oxygens (including phenoxy) is 1. The van der Waals surface area contributed by atoms with E-state index in [-0.39, 0.29) is 22.9 Å². The molecule has 0 saturated carbocycles. The summed E-state index contributed by atoms with van der Waals surface area (Å²) >= 11 is 0. The van der Waals surface area contributed by atoms with Gasteiger partial charge in [-0.1, -0.05) is 17.7 Å². The highest BCUT2D eigenvalue weighted by Crippen LogP contribution is 2.25. The number of carbonyl (C=O) groups excluding carboxylic acids is 1. The molecule has 6 nitrogen and oxygen atoms in total. The molecule has 24 heavy (non-hydrogen) atoms. The van der Waals surface area contributed by atoms with Gasteiger partial charge in [0.2, 0.25) is 0 Å². The van der Waals surface area contributed by atoms with Crippen molar-refractivity contribution in [1.29, 1.82) is 0 Å². The molecule has 0 aliphatic carbocycles. The van der Waals surface area contributed by atoms with Gasteiger partial charge in [-0.3, -0.25) is 4.72 Å². The summed E-state index contributed by atoms with van der Waals surface area (Å²) in [5.74, 6) is -0.670. The summed E-state index contributed by atoms with van der Waals surface area (Å²) in [7, 11) is -3.88. The summed E-state index contributed by atoms with van der Waals surface area (Å²) in [5.41, 5.74) is 2.32. The molecular weight excluding hydrogens is 328 g/mol. The Balaban J connectivity index is 2.47. The maximum Gasteiger partial charge on any atom is 0.341 e. The van der Waals surface area contributed by atoms with E-state index < -0.39 is 16.0 Å². The first kappa shape index (κ1) is 17.9. The van der Waals surface area contributed by atoms with E-state index in [4.69, 9.17) is 4.74 Å². The minimum Gasteiger partial charge on any atom is -0.462 e. The van der Waals surface area contributed by atoms with Gasteiger partial charge < -0.3 is 4.74 Å². The maximum absolute atomic E-state index is 12.8. The van der Waals surface area contributed by atoms with Gasteiger partial charge in [0.05, 0.1) is 11.5 Å². The lowest BCUT2D eigenvalue weighted by atomic mass is 10.1. The average molecular weight is 348 g/mol. The number of nitrogens with one attached hydrogen (secondary N) is 1. The van der Waals surface area contributed by atoms with Gasteiger partial charge in [-0.2, -0.15) is 0 Å². The van der Waals surface area contributed by atoms with Crippen molar-refractivity contribution in [3.63, 3.8) is 0 Å². The van der Waals surface area contributed by atoms with Crippen molar-refractivity contribution >= 4 is 21.8 Å². The Morgan fingerprint density at radius 1 is 1.21 bits per heavy atom. The van der Waals surface area contributed by atoms with Crippen molar-refractivity contribution < 1.29 is 17.9 Å². The second-order valence-corrected chi connectivity index (χ2v) is 7.07. The Bertz CT molecular complexity index is 853. The number of sulfonamides is 1. The van der Waals surface area contributed by atoms with Crippen LogP contribution in [0.4, 0.5) is 5.82 Å². The summed E-state index contributed by atoms with van der Waals surface area (Å²) in [4.78, 5) is 16.1. The van der Waals surface area contributed by atoms with Gasteiger partial charge in [0.1, 0.15) is 5.56 Å². The molecule has 1 aromatic heterocycles. The zero-order valence-electron chi connectivity index (χ0n) is 14.1. The van der Waals surface area contributed by atoms with Crippen LogP contribution in [0.3, 0.4) is 0 Å². The first-order valence-corrected chi connectivity index (χ1v) is 8.97. The summed E-state index contributed by atoms with van der Waals surface area (Å²) in [5, 5.41) is 0. The summed E-state index contributed by atoms with van der Waals surface area (Å²) in [6.45, 7) is 7.24. The van der Waals surface area contributed by atoms with E-state index in [0.717, 1.165) is 5.56 Å². The van der Waals surface area contributed by atoms with E-state index in [2.05, 4.69) is 9.71 Å². The molecule has 1 N–H and O–H groups in total. The van der Waals surface area contributed by atoms with Crippen molar-refractivity contribution in [3.05, 3.63) is 52.7 Å². The van der Waals surface area contributed by atoms with E-state index in [1.807, 2.05) is 6.92 Å². The molecule has 0 radical (unpaired) electrons. The molecule has 0 saturated heterocycles. The molecule has 0 atom stereocenters. The van der Waals surface area contributed by atoms with E-state index in [1.165, 1.54) is 12.3 Å². The number of rotatable bonds is 5. The molecule has 128 valence electrons. The Morgan fingerprint density at radius 3 is 2.42 bits per heavy atom. The van der Waals surface area contributed by atoms with Crippen LogP contribution < -0.4 is 4.72 Å². The van der Waals surface area contributed by atoms with Crippen molar-refractivity contribution in [2.75, 3.05) is 11.3 Å². The fraction of sp³-hybridized carbons (Fsp3) is 0.294. The molecule has 1 heterocycles.